The molecule has 3 N–H and O–H groups in total. The monoisotopic (exact) mass is 337 g/mol. The lowest BCUT2D eigenvalue weighted by Crippen LogP contribution is -2.86. The summed E-state index contributed by atoms with van der Waals surface area (Å²) in [5.41, 5.74) is 2.64. The number of amides is 1. The third kappa shape index (κ3) is 4.23. The minimum absolute atomic E-state index is 0.0655. The molecule has 2 aromatic carbocycles. The zero-order valence-corrected chi connectivity index (χ0v) is 14.1. The van der Waals surface area contributed by atoms with Gasteiger partial charge in [0.05, 0.1) is 0 Å². The number of hydrogen-bond donors (Lipinski definition) is 2. The summed E-state index contributed by atoms with van der Waals surface area (Å²) in [6.07, 6.45) is 0. The number of anilines is 1. The lowest BCUT2D eigenvalue weighted by molar-refractivity contribution is -0.682. The number of carbonyl (C=O) groups excluding carboxylic acids is 1. The van der Waals surface area contributed by atoms with Crippen LogP contribution in [0.25, 0.3) is 0 Å². The Balaban J connectivity index is 1.93. The summed E-state index contributed by atoms with van der Waals surface area (Å²) in [4.78, 5) is 12.1. The van der Waals surface area contributed by atoms with E-state index in [4.69, 9.17) is 23.2 Å². The third-order valence-electron chi connectivity index (χ3n) is 3.59. The molecular weight excluding hydrogens is 319 g/mol. The molecule has 1 amide bonds. The fourth-order valence-corrected chi connectivity index (χ4v) is 2.68. The van der Waals surface area contributed by atoms with Gasteiger partial charge in [0.15, 0.2) is 6.54 Å². The van der Waals surface area contributed by atoms with Gasteiger partial charge >= 0.3 is 0 Å². The molecule has 0 unspecified atom stereocenters. The molecule has 2 aromatic rings. The number of rotatable bonds is 5. The van der Waals surface area contributed by atoms with Gasteiger partial charge in [-0.1, -0.05) is 47.5 Å². The Morgan fingerprint density at radius 1 is 1.14 bits per heavy atom. The fraction of sp³-hybridized carbons (Fsp3) is 0.235. The van der Waals surface area contributed by atoms with Crippen molar-refractivity contribution in [3.05, 3.63) is 63.6 Å². The van der Waals surface area contributed by atoms with E-state index < -0.39 is 0 Å². The zero-order chi connectivity index (χ0) is 16.1. The highest BCUT2D eigenvalue weighted by molar-refractivity contribution is 6.32. The predicted molar refractivity (Wildman–Crippen MR) is 91.5 cm³/mol. The van der Waals surface area contributed by atoms with Gasteiger partial charge < -0.3 is 10.6 Å². The van der Waals surface area contributed by atoms with Crippen LogP contribution < -0.4 is 10.6 Å². The Labute approximate surface area is 140 Å². The highest BCUT2D eigenvalue weighted by Gasteiger charge is 2.14. The highest BCUT2D eigenvalue weighted by Crippen LogP contribution is 2.22. The second-order valence-electron chi connectivity index (χ2n) is 5.21. The first-order valence-electron chi connectivity index (χ1n) is 7.11. The lowest BCUT2D eigenvalue weighted by atomic mass is 10.1. The van der Waals surface area contributed by atoms with Crippen molar-refractivity contribution in [3.63, 3.8) is 0 Å². The van der Waals surface area contributed by atoms with Gasteiger partial charge in [0.1, 0.15) is 6.04 Å². The molecule has 0 aliphatic rings. The number of carbonyl (C=O) groups is 1. The smallest absolute Gasteiger partial charge is 0.279 e. The molecule has 0 saturated carbocycles. The SMILES string of the molecule is Cc1c(Cl)cccc1NC(=O)C[NH2+][C@@H](C)c1ccccc1Cl. The molecule has 0 saturated heterocycles. The van der Waals surface area contributed by atoms with Crippen LogP contribution in [-0.2, 0) is 4.79 Å². The number of benzene rings is 2. The largest absolute Gasteiger partial charge is 0.332 e. The molecule has 0 radical (unpaired) electrons. The van der Waals surface area contributed by atoms with Crippen molar-refractivity contribution in [3.8, 4) is 0 Å². The molecule has 0 aromatic heterocycles. The van der Waals surface area contributed by atoms with Gasteiger partial charge in [-0.25, -0.2) is 0 Å². The maximum absolute atomic E-state index is 12.1. The summed E-state index contributed by atoms with van der Waals surface area (Å²) in [5, 5.41) is 6.20. The summed E-state index contributed by atoms with van der Waals surface area (Å²) < 4.78 is 0. The predicted octanol–water partition coefficient (Wildman–Crippen LogP) is 3.56. The number of halogens is 2. The summed E-state index contributed by atoms with van der Waals surface area (Å²) in [6, 6.07) is 13.3. The van der Waals surface area contributed by atoms with E-state index in [0.717, 1.165) is 21.8 Å². The van der Waals surface area contributed by atoms with Crippen molar-refractivity contribution in [2.45, 2.75) is 19.9 Å². The Hall–Kier alpha value is -1.55. The normalized spacial score (nSPS) is 12.0. The summed E-state index contributed by atoms with van der Waals surface area (Å²) in [6.45, 7) is 4.23. The number of nitrogens with two attached hydrogens (primary N) is 1. The highest BCUT2D eigenvalue weighted by atomic mass is 35.5. The van der Waals surface area contributed by atoms with E-state index in [1.807, 2.05) is 55.6 Å². The van der Waals surface area contributed by atoms with Crippen molar-refractivity contribution in [1.82, 2.24) is 0 Å². The molecule has 2 rings (SSSR count). The topological polar surface area (TPSA) is 45.7 Å². The Morgan fingerprint density at radius 3 is 2.55 bits per heavy atom. The molecule has 116 valence electrons. The molecule has 0 bridgehead atoms. The Bertz CT molecular complexity index is 673. The molecule has 1 atom stereocenters. The van der Waals surface area contributed by atoms with E-state index >= 15 is 0 Å². The van der Waals surface area contributed by atoms with Crippen LogP contribution in [0, 0.1) is 6.92 Å². The second-order valence-corrected chi connectivity index (χ2v) is 6.02. The van der Waals surface area contributed by atoms with Gasteiger partial charge in [0.2, 0.25) is 0 Å². The van der Waals surface area contributed by atoms with Crippen LogP contribution in [0.3, 0.4) is 0 Å². The quantitative estimate of drug-likeness (QED) is 0.860. The van der Waals surface area contributed by atoms with E-state index in [1.54, 1.807) is 6.07 Å². The zero-order valence-electron chi connectivity index (χ0n) is 12.6. The van der Waals surface area contributed by atoms with Gasteiger partial charge in [0, 0.05) is 21.3 Å². The number of quaternary nitrogens is 1. The van der Waals surface area contributed by atoms with Crippen molar-refractivity contribution >= 4 is 34.8 Å². The van der Waals surface area contributed by atoms with Crippen LogP contribution in [0.15, 0.2) is 42.5 Å². The molecule has 5 heteroatoms. The van der Waals surface area contributed by atoms with Crippen LogP contribution in [0.2, 0.25) is 10.0 Å². The Kier molecular flexibility index (Phi) is 5.83. The first-order valence-corrected chi connectivity index (χ1v) is 7.87. The second kappa shape index (κ2) is 7.63. The standard InChI is InChI=1S/C17H18Cl2N2O/c1-11-14(18)8-5-9-16(11)21-17(22)10-20-12(2)13-6-3-4-7-15(13)19/h3-9,12,20H,10H2,1-2H3,(H,21,22)/p+1/t12-/m0/s1. The summed E-state index contributed by atoms with van der Waals surface area (Å²) in [7, 11) is 0. The molecule has 0 aliphatic heterocycles. The summed E-state index contributed by atoms with van der Waals surface area (Å²) in [5.74, 6) is -0.0655. The van der Waals surface area contributed by atoms with E-state index in [-0.39, 0.29) is 11.9 Å². The fourth-order valence-electron chi connectivity index (χ4n) is 2.20. The van der Waals surface area contributed by atoms with E-state index in [2.05, 4.69) is 5.32 Å². The molecule has 0 spiro atoms. The molecule has 22 heavy (non-hydrogen) atoms. The van der Waals surface area contributed by atoms with Crippen LogP contribution in [-0.4, -0.2) is 12.5 Å². The summed E-state index contributed by atoms with van der Waals surface area (Å²) >= 11 is 12.2. The number of nitrogens with one attached hydrogen (secondary N) is 1. The van der Waals surface area contributed by atoms with Gasteiger partial charge in [0.25, 0.3) is 5.91 Å². The first kappa shape index (κ1) is 16.8. The van der Waals surface area contributed by atoms with E-state index in [1.165, 1.54) is 0 Å². The number of hydrogen-bond acceptors (Lipinski definition) is 1. The average molecular weight is 338 g/mol. The third-order valence-corrected chi connectivity index (χ3v) is 4.35. The van der Waals surface area contributed by atoms with Crippen LogP contribution in [0.1, 0.15) is 24.1 Å². The van der Waals surface area contributed by atoms with E-state index in [0.29, 0.717) is 11.6 Å². The molecule has 3 nitrogen and oxygen atoms in total. The van der Waals surface area contributed by atoms with Gasteiger partial charge in [-0.05, 0) is 37.6 Å². The van der Waals surface area contributed by atoms with Crippen molar-refractivity contribution < 1.29 is 10.1 Å². The molecular formula is C17H19Cl2N2O+. The van der Waals surface area contributed by atoms with E-state index in [9.17, 15) is 4.79 Å². The minimum Gasteiger partial charge on any atom is -0.332 e. The average Bonchev–Trinajstić information content (AvgIpc) is 2.50. The first-order chi connectivity index (χ1) is 10.5. The van der Waals surface area contributed by atoms with Crippen LogP contribution in [0.5, 0.6) is 0 Å². The van der Waals surface area contributed by atoms with Crippen molar-refractivity contribution in [2.24, 2.45) is 0 Å². The molecule has 0 aliphatic carbocycles. The van der Waals surface area contributed by atoms with Crippen LogP contribution in [0.4, 0.5) is 5.69 Å². The molecule has 0 fully saturated rings. The van der Waals surface area contributed by atoms with Gasteiger partial charge in [-0.2, -0.15) is 0 Å². The maximum Gasteiger partial charge on any atom is 0.279 e. The van der Waals surface area contributed by atoms with Crippen LogP contribution >= 0.6 is 23.2 Å². The van der Waals surface area contributed by atoms with Crippen molar-refractivity contribution in [1.29, 1.82) is 0 Å². The Morgan fingerprint density at radius 2 is 1.82 bits per heavy atom. The van der Waals surface area contributed by atoms with Crippen molar-refractivity contribution in [2.75, 3.05) is 11.9 Å². The molecule has 0 heterocycles. The van der Waals surface area contributed by atoms with Gasteiger partial charge in [-0.15, -0.1) is 0 Å². The maximum atomic E-state index is 12.1. The lowest BCUT2D eigenvalue weighted by Gasteiger charge is -2.13. The minimum atomic E-state index is -0.0655. The van der Waals surface area contributed by atoms with Gasteiger partial charge in [-0.3, -0.25) is 4.79 Å².